The molecule has 0 fully saturated rings. The molecule has 2 atom stereocenters. The van der Waals surface area contributed by atoms with Crippen molar-refractivity contribution < 1.29 is 9.53 Å². The highest BCUT2D eigenvalue weighted by Crippen LogP contribution is 2.18. The maximum Gasteiger partial charge on any atom is 0.241 e. The topological polar surface area (TPSA) is 68.2 Å². The van der Waals surface area contributed by atoms with Crippen LogP contribution < -0.4 is 15.4 Å². The van der Waals surface area contributed by atoms with Gasteiger partial charge in [-0.05, 0) is 32.2 Å². The van der Waals surface area contributed by atoms with E-state index in [-0.39, 0.29) is 24.4 Å². The van der Waals surface area contributed by atoms with Crippen LogP contribution >= 0.6 is 24.0 Å². The van der Waals surface area contributed by atoms with E-state index < -0.39 is 6.04 Å². The highest BCUT2D eigenvalue weighted by Gasteiger charge is 2.20. The van der Waals surface area contributed by atoms with Gasteiger partial charge in [0.05, 0.1) is 12.7 Å². The van der Waals surface area contributed by atoms with Crippen molar-refractivity contribution in [3.63, 3.8) is 0 Å². The first-order valence-electron chi connectivity index (χ1n) is 7.35. The number of benzene rings is 1. The first kappa shape index (κ1) is 20.3. The largest absolute Gasteiger partial charge is 0.489 e. The van der Waals surface area contributed by atoms with Crippen LogP contribution in [0.25, 0.3) is 0 Å². The van der Waals surface area contributed by atoms with E-state index in [1.165, 1.54) is 0 Å². The van der Waals surface area contributed by atoms with Crippen molar-refractivity contribution >= 4 is 29.9 Å². The first-order chi connectivity index (χ1) is 11.0. The van der Waals surface area contributed by atoms with Crippen molar-refractivity contribution in [1.82, 2.24) is 20.4 Å². The molecular weight excluding hydrogens is 351 g/mol. The Hall–Kier alpha value is -1.76. The number of amides is 1. The van der Waals surface area contributed by atoms with Crippen LogP contribution in [0.4, 0.5) is 0 Å². The van der Waals surface area contributed by atoms with Gasteiger partial charge in [-0.25, -0.2) is 0 Å². The van der Waals surface area contributed by atoms with Gasteiger partial charge >= 0.3 is 0 Å². The van der Waals surface area contributed by atoms with E-state index in [9.17, 15) is 4.79 Å². The van der Waals surface area contributed by atoms with E-state index in [1.54, 1.807) is 30.1 Å². The maximum absolute atomic E-state index is 12.3. The van der Waals surface area contributed by atoms with Gasteiger partial charge in [0.25, 0.3) is 0 Å². The Kier molecular flexibility index (Phi) is 8.04. The third kappa shape index (κ3) is 5.70. The number of nitrogens with zero attached hydrogens (tertiary/aromatic N) is 2. The van der Waals surface area contributed by atoms with Crippen LogP contribution in [0.15, 0.2) is 36.7 Å². The summed E-state index contributed by atoms with van der Waals surface area (Å²) in [6.07, 6.45) is 3.31. The maximum atomic E-state index is 12.3. The summed E-state index contributed by atoms with van der Waals surface area (Å²) >= 11 is 5.92. The Morgan fingerprint density at radius 1 is 1.46 bits per heavy atom. The van der Waals surface area contributed by atoms with Crippen molar-refractivity contribution in [2.45, 2.75) is 19.1 Å². The minimum atomic E-state index is -0.443. The fraction of sp³-hybridized carbons (Fsp3) is 0.375. The molecule has 1 amide bonds. The summed E-state index contributed by atoms with van der Waals surface area (Å²) in [5.41, 5.74) is 0.816. The van der Waals surface area contributed by atoms with Gasteiger partial charge in [-0.15, -0.1) is 12.4 Å². The molecule has 2 rings (SSSR count). The summed E-state index contributed by atoms with van der Waals surface area (Å²) in [7, 11) is 3.55. The fourth-order valence-corrected chi connectivity index (χ4v) is 2.38. The molecule has 6 nitrogen and oxygen atoms in total. The third-order valence-corrected chi connectivity index (χ3v) is 3.54. The van der Waals surface area contributed by atoms with Gasteiger partial charge in [0.2, 0.25) is 5.91 Å². The number of likely N-dealkylation sites (N-methyl/N-ethyl adjacent to an activating group) is 1. The van der Waals surface area contributed by atoms with Crippen LogP contribution in [0, 0.1) is 0 Å². The minimum absolute atomic E-state index is 0. The predicted molar refractivity (Wildman–Crippen MR) is 96.8 cm³/mol. The summed E-state index contributed by atoms with van der Waals surface area (Å²) in [5, 5.41) is 10.6. The lowest BCUT2D eigenvalue weighted by Crippen LogP contribution is -2.40. The van der Waals surface area contributed by atoms with Crippen molar-refractivity contribution in [1.29, 1.82) is 0 Å². The fourth-order valence-electron chi connectivity index (χ4n) is 2.20. The molecule has 2 unspecified atom stereocenters. The zero-order valence-electron chi connectivity index (χ0n) is 13.8. The number of halogens is 2. The van der Waals surface area contributed by atoms with Crippen LogP contribution in [0.3, 0.4) is 0 Å². The van der Waals surface area contributed by atoms with E-state index in [2.05, 4.69) is 15.7 Å². The lowest BCUT2D eigenvalue weighted by atomic mass is 10.1. The smallest absolute Gasteiger partial charge is 0.241 e. The van der Waals surface area contributed by atoms with Gasteiger partial charge in [0, 0.05) is 23.8 Å². The van der Waals surface area contributed by atoms with Gasteiger partial charge in [-0.2, -0.15) is 5.10 Å². The Morgan fingerprint density at radius 3 is 2.79 bits per heavy atom. The molecular formula is C16H22Cl2N4O2. The predicted octanol–water partition coefficient (Wildman–Crippen LogP) is 2.34. The molecule has 0 saturated heterocycles. The normalized spacial score (nSPS) is 12.8. The van der Waals surface area contributed by atoms with Crippen molar-refractivity contribution in [3.05, 3.63) is 47.2 Å². The monoisotopic (exact) mass is 372 g/mol. The zero-order valence-corrected chi connectivity index (χ0v) is 15.4. The van der Waals surface area contributed by atoms with E-state index in [4.69, 9.17) is 16.3 Å². The molecule has 0 saturated carbocycles. The Labute approximate surface area is 152 Å². The van der Waals surface area contributed by atoms with Crippen molar-refractivity contribution in [2.24, 2.45) is 7.05 Å². The van der Waals surface area contributed by atoms with Crippen LogP contribution in [0.1, 0.15) is 18.5 Å². The summed E-state index contributed by atoms with van der Waals surface area (Å²) in [6.45, 7) is 2.28. The number of carbonyl (C=O) groups is 1. The Morgan fingerprint density at radius 2 is 2.21 bits per heavy atom. The second-order valence-corrected chi connectivity index (χ2v) is 5.74. The molecule has 132 valence electrons. The zero-order chi connectivity index (χ0) is 16.8. The standard InChI is InChI=1S/C16H21ClN4O2.ClH/c1-11(23-14-6-4-5-13(17)7-14)8-19-16(22)15(18-2)12-9-20-21(3)10-12;/h4-7,9-11,15,18H,8H2,1-3H3,(H,19,22);1H. The molecule has 1 aromatic heterocycles. The molecule has 8 heteroatoms. The van der Waals surface area contributed by atoms with Crippen LogP contribution in [-0.2, 0) is 11.8 Å². The quantitative estimate of drug-likeness (QED) is 0.782. The van der Waals surface area contributed by atoms with Gasteiger partial charge < -0.3 is 15.4 Å². The number of rotatable bonds is 7. The molecule has 0 aliphatic rings. The SMILES string of the molecule is CNC(C(=O)NCC(C)Oc1cccc(Cl)c1)c1cnn(C)c1.Cl. The number of aromatic nitrogens is 2. The molecule has 2 aromatic rings. The number of ether oxygens (including phenoxy) is 1. The van der Waals surface area contributed by atoms with Gasteiger partial charge in [-0.3, -0.25) is 9.48 Å². The molecule has 0 bridgehead atoms. The van der Waals surface area contributed by atoms with Crippen molar-refractivity contribution in [2.75, 3.05) is 13.6 Å². The molecule has 0 aliphatic heterocycles. The average molecular weight is 373 g/mol. The van der Waals surface area contributed by atoms with Gasteiger partial charge in [0.15, 0.2) is 0 Å². The molecule has 1 heterocycles. The molecule has 1 aromatic carbocycles. The van der Waals surface area contributed by atoms with Crippen molar-refractivity contribution in [3.8, 4) is 5.75 Å². The second-order valence-electron chi connectivity index (χ2n) is 5.30. The number of hydrogen-bond donors (Lipinski definition) is 2. The molecule has 2 N–H and O–H groups in total. The Bertz CT molecular complexity index is 663. The van der Waals surface area contributed by atoms with Crippen LogP contribution in [0.5, 0.6) is 5.75 Å². The summed E-state index contributed by atoms with van der Waals surface area (Å²) in [4.78, 5) is 12.3. The lowest BCUT2D eigenvalue weighted by molar-refractivity contribution is -0.123. The van der Waals surface area contributed by atoms with E-state index in [0.717, 1.165) is 5.56 Å². The third-order valence-electron chi connectivity index (χ3n) is 3.31. The number of nitrogens with one attached hydrogen (secondary N) is 2. The number of aryl methyl sites for hydroxylation is 1. The molecule has 0 aliphatic carbocycles. The van der Waals surface area contributed by atoms with E-state index in [1.807, 2.05) is 32.3 Å². The summed E-state index contributed by atoms with van der Waals surface area (Å²) in [6, 6.07) is 6.73. The van der Waals surface area contributed by atoms with Crippen LogP contribution in [-0.4, -0.2) is 35.4 Å². The highest BCUT2D eigenvalue weighted by molar-refractivity contribution is 6.30. The lowest BCUT2D eigenvalue weighted by Gasteiger charge is -2.18. The molecule has 0 spiro atoms. The molecule has 24 heavy (non-hydrogen) atoms. The summed E-state index contributed by atoms with van der Waals surface area (Å²) in [5.74, 6) is 0.554. The number of hydrogen-bond acceptors (Lipinski definition) is 4. The summed E-state index contributed by atoms with van der Waals surface area (Å²) < 4.78 is 7.40. The van der Waals surface area contributed by atoms with E-state index >= 15 is 0 Å². The van der Waals surface area contributed by atoms with Gasteiger partial charge in [0.1, 0.15) is 17.9 Å². The molecule has 0 radical (unpaired) electrons. The minimum Gasteiger partial charge on any atom is -0.489 e. The first-order valence-corrected chi connectivity index (χ1v) is 7.73. The van der Waals surface area contributed by atoms with Gasteiger partial charge in [-0.1, -0.05) is 17.7 Å². The number of carbonyl (C=O) groups excluding carboxylic acids is 1. The average Bonchev–Trinajstić information content (AvgIpc) is 2.92. The Balaban J connectivity index is 0.00000288. The highest BCUT2D eigenvalue weighted by atomic mass is 35.5. The van der Waals surface area contributed by atoms with E-state index in [0.29, 0.717) is 17.3 Å². The second kappa shape index (κ2) is 9.52. The van der Waals surface area contributed by atoms with Crippen LogP contribution in [0.2, 0.25) is 5.02 Å².